The minimum Gasteiger partial charge on any atom is -0.481 e. The van der Waals surface area contributed by atoms with Gasteiger partial charge >= 0.3 is 5.97 Å². The van der Waals surface area contributed by atoms with Gasteiger partial charge in [0.15, 0.2) is 5.78 Å². The van der Waals surface area contributed by atoms with Gasteiger partial charge in [0.2, 0.25) is 0 Å². The Morgan fingerprint density at radius 3 is 2.41 bits per heavy atom. The van der Waals surface area contributed by atoms with Crippen LogP contribution in [0.2, 0.25) is 0 Å². The number of hydrogen-bond donors (Lipinski definition) is 3. The molecular formula is C24H38O5. The molecule has 3 N–H and O–H groups in total. The Morgan fingerprint density at radius 1 is 1.07 bits per heavy atom. The van der Waals surface area contributed by atoms with Crippen LogP contribution in [-0.2, 0) is 9.59 Å². The normalized spacial score (nSPS) is 50.4. The zero-order chi connectivity index (χ0) is 21.1. The van der Waals surface area contributed by atoms with Crippen LogP contribution in [0, 0.1) is 46.3 Å². The summed E-state index contributed by atoms with van der Waals surface area (Å²) >= 11 is 0. The fourth-order valence-electron chi connectivity index (χ4n) is 8.52. The lowest BCUT2D eigenvalue weighted by atomic mass is 9.43. The number of aliphatic carboxylic acids is 1. The number of carbonyl (C=O) groups excluding carboxylic acids is 1. The van der Waals surface area contributed by atoms with Crippen molar-refractivity contribution in [3.63, 3.8) is 0 Å². The second kappa shape index (κ2) is 7.33. The van der Waals surface area contributed by atoms with Gasteiger partial charge in [-0.1, -0.05) is 20.8 Å². The van der Waals surface area contributed by atoms with Crippen LogP contribution >= 0.6 is 0 Å². The lowest BCUT2D eigenvalue weighted by Gasteiger charge is -2.61. The van der Waals surface area contributed by atoms with Crippen LogP contribution < -0.4 is 0 Å². The molecular weight excluding hydrogens is 368 g/mol. The van der Waals surface area contributed by atoms with Crippen LogP contribution in [-0.4, -0.2) is 39.3 Å². The van der Waals surface area contributed by atoms with Gasteiger partial charge in [0, 0.05) is 12.3 Å². The Bertz CT molecular complexity index is 676. The summed E-state index contributed by atoms with van der Waals surface area (Å²) in [4.78, 5) is 24.3. The van der Waals surface area contributed by atoms with Crippen molar-refractivity contribution in [2.24, 2.45) is 46.3 Å². The smallest absolute Gasteiger partial charge is 0.303 e. The van der Waals surface area contributed by atoms with E-state index in [1.165, 1.54) is 0 Å². The Hall–Kier alpha value is -0.940. The second-order valence-corrected chi connectivity index (χ2v) is 11.3. The first-order chi connectivity index (χ1) is 13.6. The zero-order valence-electron chi connectivity index (χ0n) is 18.1. The van der Waals surface area contributed by atoms with E-state index in [9.17, 15) is 19.8 Å². The molecule has 0 unspecified atom stereocenters. The van der Waals surface area contributed by atoms with Crippen molar-refractivity contribution >= 4 is 11.8 Å². The Labute approximate surface area is 174 Å². The van der Waals surface area contributed by atoms with E-state index in [0.29, 0.717) is 36.5 Å². The van der Waals surface area contributed by atoms with Crippen molar-refractivity contribution in [2.75, 3.05) is 0 Å². The summed E-state index contributed by atoms with van der Waals surface area (Å²) in [6, 6.07) is 0. The van der Waals surface area contributed by atoms with Crippen LogP contribution in [0.4, 0.5) is 0 Å². The molecule has 5 heteroatoms. The number of hydrogen-bond acceptors (Lipinski definition) is 4. The van der Waals surface area contributed by atoms with Gasteiger partial charge in [0.05, 0.1) is 6.10 Å². The van der Waals surface area contributed by atoms with E-state index < -0.39 is 18.2 Å². The van der Waals surface area contributed by atoms with Crippen LogP contribution in [0.5, 0.6) is 0 Å². The maximum Gasteiger partial charge on any atom is 0.303 e. The summed E-state index contributed by atoms with van der Waals surface area (Å²) < 4.78 is 0. The van der Waals surface area contributed by atoms with Gasteiger partial charge in [-0.25, -0.2) is 0 Å². The van der Waals surface area contributed by atoms with E-state index >= 15 is 0 Å². The number of aliphatic hydroxyl groups is 2. The highest BCUT2D eigenvalue weighted by molar-refractivity contribution is 5.87. The molecule has 0 bridgehead atoms. The highest BCUT2D eigenvalue weighted by Gasteiger charge is 2.65. The Balaban J connectivity index is 1.60. The lowest BCUT2D eigenvalue weighted by molar-refractivity contribution is -0.184. The molecule has 0 aliphatic heterocycles. The third-order valence-electron chi connectivity index (χ3n) is 10.1. The molecule has 4 saturated carbocycles. The molecule has 4 aliphatic carbocycles. The minimum atomic E-state index is -0.902. The van der Waals surface area contributed by atoms with Crippen LogP contribution in [0.25, 0.3) is 0 Å². The molecule has 5 nitrogen and oxygen atoms in total. The predicted octanol–water partition coefficient (Wildman–Crippen LogP) is 3.66. The third-order valence-corrected chi connectivity index (χ3v) is 10.1. The van der Waals surface area contributed by atoms with Gasteiger partial charge in [-0.3, -0.25) is 9.59 Å². The molecule has 29 heavy (non-hydrogen) atoms. The largest absolute Gasteiger partial charge is 0.481 e. The molecule has 0 radical (unpaired) electrons. The van der Waals surface area contributed by atoms with Crippen LogP contribution in [0.15, 0.2) is 0 Å². The van der Waals surface area contributed by atoms with E-state index in [4.69, 9.17) is 5.11 Å². The number of carboxylic acid groups (broad SMARTS) is 1. The van der Waals surface area contributed by atoms with Crippen LogP contribution in [0.3, 0.4) is 0 Å². The number of aliphatic hydroxyl groups excluding tert-OH is 2. The highest BCUT2D eigenvalue weighted by Crippen LogP contribution is 2.67. The molecule has 0 spiro atoms. The first-order valence-electron chi connectivity index (χ1n) is 11.7. The first kappa shape index (κ1) is 21.3. The predicted molar refractivity (Wildman–Crippen MR) is 109 cm³/mol. The fraction of sp³-hybridized carbons (Fsp3) is 0.917. The van der Waals surface area contributed by atoms with Crippen molar-refractivity contribution in [3.05, 3.63) is 0 Å². The summed E-state index contributed by atoms with van der Waals surface area (Å²) in [7, 11) is 0. The average molecular weight is 407 g/mol. The first-order valence-corrected chi connectivity index (χ1v) is 11.7. The maximum absolute atomic E-state index is 13.2. The number of Topliss-reactive ketones (excluding diaryl/α,β-unsaturated/α-hetero) is 1. The average Bonchev–Trinajstić information content (AvgIpc) is 3.02. The standard InChI is InChI=1S/C24H38O5/c1-13(4-7-19(26)27)15-5-6-16-20-17(9-11-23(15,16)2)24(3)10-8-14(25)12-18(24)21(28)22(20)29/h13-18,20,22,25,29H,4-12H2,1-3H3,(H,26,27)/t13-,14-,15-,16+,17+,18+,20+,22-,23-,24-/m1/s1. The van der Waals surface area contributed by atoms with Crippen molar-refractivity contribution in [1.29, 1.82) is 0 Å². The molecule has 0 aromatic rings. The summed E-state index contributed by atoms with van der Waals surface area (Å²) in [6.45, 7) is 6.78. The van der Waals surface area contributed by atoms with E-state index in [-0.39, 0.29) is 34.9 Å². The van der Waals surface area contributed by atoms with Crippen LogP contribution in [0.1, 0.15) is 78.6 Å². The number of ketones is 1. The molecule has 0 aromatic heterocycles. The highest BCUT2D eigenvalue weighted by atomic mass is 16.4. The second-order valence-electron chi connectivity index (χ2n) is 11.3. The summed E-state index contributed by atoms with van der Waals surface area (Å²) in [5, 5.41) is 30.4. The fourth-order valence-corrected chi connectivity index (χ4v) is 8.52. The molecule has 4 fully saturated rings. The zero-order valence-corrected chi connectivity index (χ0v) is 18.1. The van der Waals surface area contributed by atoms with E-state index in [1.807, 2.05) is 0 Å². The molecule has 0 saturated heterocycles. The summed E-state index contributed by atoms with van der Waals surface area (Å²) in [6.07, 6.45) is 5.99. The molecule has 4 aliphatic rings. The van der Waals surface area contributed by atoms with E-state index in [0.717, 1.165) is 38.5 Å². The number of rotatable bonds is 4. The maximum atomic E-state index is 13.2. The molecule has 164 valence electrons. The Morgan fingerprint density at radius 2 is 1.72 bits per heavy atom. The van der Waals surface area contributed by atoms with Gasteiger partial charge in [-0.2, -0.15) is 0 Å². The van der Waals surface area contributed by atoms with E-state index in [1.54, 1.807) is 0 Å². The quantitative estimate of drug-likeness (QED) is 0.662. The monoisotopic (exact) mass is 406 g/mol. The molecule has 10 atom stereocenters. The number of carboxylic acids is 1. The molecule has 0 amide bonds. The van der Waals surface area contributed by atoms with Gasteiger partial charge in [0.25, 0.3) is 0 Å². The lowest BCUT2D eigenvalue weighted by Crippen LogP contribution is -2.62. The topological polar surface area (TPSA) is 94.8 Å². The third kappa shape index (κ3) is 3.18. The minimum absolute atomic E-state index is 0.0226. The molecule has 0 aromatic carbocycles. The van der Waals surface area contributed by atoms with E-state index in [2.05, 4.69) is 20.8 Å². The summed E-state index contributed by atoms with van der Waals surface area (Å²) in [5.74, 6) is 0.552. The molecule has 0 heterocycles. The van der Waals surface area contributed by atoms with Crippen molar-refractivity contribution in [3.8, 4) is 0 Å². The SMILES string of the molecule is C[C@H](CCC(=O)O)[C@H]1CC[C@H]2[C@@H]3[C@@H](O)C(=O)[C@@H]4C[C@H](O)CC[C@]4(C)[C@H]3CC[C@]12C. The van der Waals surface area contributed by atoms with Gasteiger partial charge < -0.3 is 15.3 Å². The number of fused-ring (bicyclic) bond motifs is 5. The van der Waals surface area contributed by atoms with Crippen molar-refractivity contribution in [1.82, 2.24) is 0 Å². The van der Waals surface area contributed by atoms with Gasteiger partial charge in [-0.05, 0) is 91.8 Å². The number of carbonyl (C=O) groups is 2. The molecule has 4 rings (SSSR count). The van der Waals surface area contributed by atoms with Crippen molar-refractivity contribution in [2.45, 2.75) is 90.8 Å². The summed E-state index contributed by atoms with van der Waals surface area (Å²) in [5.41, 5.74) is -0.0216. The van der Waals surface area contributed by atoms with Crippen molar-refractivity contribution < 1.29 is 24.9 Å². The van der Waals surface area contributed by atoms with Gasteiger partial charge in [-0.15, -0.1) is 0 Å². The van der Waals surface area contributed by atoms with Gasteiger partial charge in [0.1, 0.15) is 6.10 Å². The Kier molecular flexibility index (Phi) is 5.39.